The monoisotopic (exact) mass is 466 g/mol. The minimum Gasteiger partial charge on any atom is -0.337 e. The van der Waals surface area contributed by atoms with Crippen molar-refractivity contribution in [3.8, 4) is 0 Å². The Kier molecular flexibility index (Phi) is 14.3. The average Bonchev–Trinajstić information content (AvgIpc) is 2.75. The van der Waals surface area contributed by atoms with E-state index < -0.39 is 0 Å². The van der Waals surface area contributed by atoms with Gasteiger partial charge < -0.3 is 10.6 Å². The summed E-state index contributed by atoms with van der Waals surface area (Å²) in [6, 6.07) is 19.0. The quantitative estimate of drug-likeness (QED) is 0.576. The van der Waals surface area contributed by atoms with Crippen LogP contribution in [0.3, 0.4) is 0 Å². The van der Waals surface area contributed by atoms with E-state index >= 15 is 0 Å². The molecule has 0 spiro atoms. The fourth-order valence-electron chi connectivity index (χ4n) is 3.66. The molecule has 175 valence electrons. The van der Waals surface area contributed by atoms with Crippen molar-refractivity contribution in [3.63, 3.8) is 0 Å². The van der Waals surface area contributed by atoms with E-state index in [9.17, 15) is 4.79 Å². The third-order valence-electron chi connectivity index (χ3n) is 5.06. The molecular formula is C26H45N3OV. The molecule has 1 heterocycles. The number of urea groups is 1. The Labute approximate surface area is 205 Å². The summed E-state index contributed by atoms with van der Waals surface area (Å²) in [5, 5.41) is 6.17. The van der Waals surface area contributed by atoms with Gasteiger partial charge in [-0.3, -0.25) is 4.90 Å². The number of amides is 2. The van der Waals surface area contributed by atoms with E-state index in [1.165, 1.54) is 16.7 Å². The van der Waals surface area contributed by atoms with Crippen molar-refractivity contribution in [2.45, 2.75) is 72.5 Å². The molecule has 1 atom stereocenters. The molecule has 0 saturated carbocycles. The number of hydrogen-bond acceptors (Lipinski definition) is 2. The van der Waals surface area contributed by atoms with Gasteiger partial charge in [-0.25, -0.2) is 4.79 Å². The third-order valence-corrected chi connectivity index (χ3v) is 5.06. The zero-order valence-corrected chi connectivity index (χ0v) is 21.8. The van der Waals surface area contributed by atoms with Gasteiger partial charge in [-0.05, 0) is 50.4 Å². The van der Waals surface area contributed by atoms with Gasteiger partial charge in [0.1, 0.15) is 0 Å². The van der Waals surface area contributed by atoms with Gasteiger partial charge >= 0.3 is 6.03 Å². The first-order chi connectivity index (χ1) is 14.4. The smallest absolute Gasteiger partial charge is 0.315 e. The van der Waals surface area contributed by atoms with Gasteiger partial charge in [0.05, 0.1) is 0 Å². The molecule has 0 aromatic heterocycles. The molecule has 3 rings (SSSR count). The molecule has 0 aliphatic carbocycles. The molecule has 0 saturated heterocycles. The summed E-state index contributed by atoms with van der Waals surface area (Å²) in [5.74, 6) is 0. The molecule has 4 nitrogen and oxygen atoms in total. The van der Waals surface area contributed by atoms with Crippen LogP contribution in [0.5, 0.6) is 0 Å². The largest absolute Gasteiger partial charge is 0.337 e. The first kappa shape index (κ1) is 29.3. The number of nitrogens with zero attached hydrogens (tertiary/aromatic N) is 1. The van der Waals surface area contributed by atoms with Gasteiger partial charge in [0.15, 0.2) is 0 Å². The number of hydrogen-bond donors (Lipinski definition) is 2. The Morgan fingerprint density at radius 1 is 1.00 bits per heavy atom. The summed E-state index contributed by atoms with van der Waals surface area (Å²) in [6.07, 6.45) is 1.78. The van der Waals surface area contributed by atoms with Crippen molar-refractivity contribution in [1.82, 2.24) is 15.5 Å². The van der Waals surface area contributed by atoms with Crippen molar-refractivity contribution in [2.75, 3.05) is 13.6 Å². The van der Waals surface area contributed by atoms with Gasteiger partial charge in [0.2, 0.25) is 0 Å². The van der Waals surface area contributed by atoms with E-state index in [-0.39, 0.29) is 33.0 Å². The van der Waals surface area contributed by atoms with Crippen LogP contribution < -0.4 is 10.6 Å². The molecule has 1 aliphatic rings. The molecule has 2 aromatic rings. The zero-order valence-electron chi connectivity index (χ0n) is 20.4. The maximum absolute atomic E-state index is 12.4. The van der Waals surface area contributed by atoms with Crippen LogP contribution in [-0.2, 0) is 37.9 Å². The minimum absolute atomic E-state index is 0. The first-order valence-corrected chi connectivity index (χ1v) is 11.3. The second kappa shape index (κ2) is 15.1. The van der Waals surface area contributed by atoms with Gasteiger partial charge in [-0.1, -0.05) is 82.3 Å². The predicted molar refractivity (Wildman–Crippen MR) is 133 cm³/mol. The number of likely N-dealkylation sites (N-methyl/N-ethyl adjacent to an activating group) is 1. The van der Waals surface area contributed by atoms with Crippen LogP contribution in [0.2, 0.25) is 0 Å². The topological polar surface area (TPSA) is 44.4 Å². The zero-order chi connectivity index (χ0) is 22.6. The molecule has 0 fully saturated rings. The average molecular weight is 467 g/mol. The van der Waals surface area contributed by atoms with E-state index in [2.05, 4.69) is 72.8 Å². The summed E-state index contributed by atoms with van der Waals surface area (Å²) in [7, 11) is 2.12. The van der Waals surface area contributed by atoms with Gasteiger partial charge in [0.25, 0.3) is 0 Å². The normalized spacial score (nSPS) is 15.0. The molecule has 2 aromatic carbocycles. The molecular weight excluding hydrogens is 421 g/mol. The Morgan fingerprint density at radius 3 is 2.16 bits per heavy atom. The van der Waals surface area contributed by atoms with Crippen LogP contribution in [0.25, 0.3) is 0 Å². The number of benzene rings is 2. The molecule has 2 amide bonds. The summed E-state index contributed by atoms with van der Waals surface area (Å²) in [5.41, 5.74) is 3.71. The second-order valence-electron chi connectivity index (χ2n) is 7.92. The second-order valence-corrected chi connectivity index (χ2v) is 7.92. The molecule has 31 heavy (non-hydrogen) atoms. The number of nitrogens with one attached hydrogen (secondary N) is 2. The van der Waals surface area contributed by atoms with Crippen molar-refractivity contribution in [1.29, 1.82) is 0 Å². The van der Waals surface area contributed by atoms with E-state index in [4.69, 9.17) is 0 Å². The molecule has 1 aliphatic heterocycles. The Morgan fingerprint density at radius 2 is 1.55 bits per heavy atom. The van der Waals surface area contributed by atoms with Crippen molar-refractivity contribution in [3.05, 3.63) is 71.3 Å². The molecule has 1 unspecified atom stereocenters. The van der Waals surface area contributed by atoms with Crippen LogP contribution in [0.1, 0.15) is 61.1 Å². The van der Waals surface area contributed by atoms with Gasteiger partial charge in [0, 0.05) is 46.1 Å². The number of rotatable bonds is 5. The Balaban J connectivity index is -0.00000122. The van der Waals surface area contributed by atoms with Crippen LogP contribution in [0.4, 0.5) is 4.79 Å². The molecule has 2 N–H and O–H groups in total. The van der Waals surface area contributed by atoms with Crippen LogP contribution in [0, 0.1) is 0 Å². The van der Waals surface area contributed by atoms with E-state index in [1.54, 1.807) is 0 Å². The maximum atomic E-state index is 12.4. The number of carbonyl (C=O) groups is 1. The van der Waals surface area contributed by atoms with Crippen LogP contribution in [0.15, 0.2) is 54.6 Å². The molecule has 1 radical (unpaired) electrons. The van der Waals surface area contributed by atoms with Crippen LogP contribution in [-0.4, -0.2) is 36.1 Å². The fourth-order valence-corrected chi connectivity index (χ4v) is 3.66. The third kappa shape index (κ3) is 9.94. The summed E-state index contributed by atoms with van der Waals surface area (Å²) in [6.45, 7) is 13.7. The van der Waals surface area contributed by atoms with Gasteiger partial charge in [-0.15, -0.1) is 0 Å². The van der Waals surface area contributed by atoms with Crippen molar-refractivity contribution >= 4 is 6.03 Å². The number of carbonyl (C=O) groups excluding carboxylic acids is 1. The van der Waals surface area contributed by atoms with Crippen molar-refractivity contribution in [2.24, 2.45) is 0 Å². The predicted octanol–water partition coefficient (Wildman–Crippen LogP) is 5.91. The van der Waals surface area contributed by atoms with E-state index in [0.717, 1.165) is 19.4 Å². The first-order valence-electron chi connectivity index (χ1n) is 11.3. The summed E-state index contributed by atoms with van der Waals surface area (Å²) < 4.78 is 0. The molecule has 0 bridgehead atoms. The van der Waals surface area contributed by atoms with Crippen LogP contribution >= 0.6 is 0 Å². The Hall–Kier alpha value is -1.75. The minimum atomic E-state index is -0.295. The van der Waals surface area contributed by atoms with Gasteiger partial charge in [-0.2, -0.15) is 0 Å². The Bertz CT molecular complexity index is 760. The standard InChI is InChI=1S/C22H29N3O.2C2H6.V.2H2/c1-22(2,14-17-9-5-4-6-10-17)24-21(26)23-15-20-13-18-11-7-8-12-19(18)16-25(20)3;2*1-2;;;/h4-12,20H,13-16H2,1-3H3,(H2,23,24,26);2*1-2H3;;2*1H. The summed E-state index contributed by atoms with van der Waals surface area (Å²) in [4.78, 5) is 14.7. The number of fused-ring (bicyclic) bond motifs is 1. The van der Waals surface area contributed by atoms with E-state index in [0.29, 0.717) is 12.6 Å². The van der Waals surface area contributed by atoms with Crippen molar-refractivity contribution < 1.29 is 26.2 Å². The fraction of sp³-hybridized carbons (Fsp3) is 0.500. The van der Waals surface area contributed by atoms with E-state index in [1.807, 2.05) is 45.9 Å². The maximum Gasteiger partial charge on any atom is 0.315 e. The molecule has 5 heteroatoms. The SMILES string of the molecule is CC.CC.CN1Cc2ccccc2CC1CNC(=O)NC(C)(C)Cc1ccccc1.[HH].[HH].[V]. The summed E-state index contributed by atoms with van der Waals surface area (Å²) >= 11 is 0.